The van der Waals surface area contributed by atoms with Gasteiger partial charge in [-0.3, -0.25) is 0 Å². The first-order valence-corrected chi connectivity index (χ1v) is 8.62. The molecule has 6 heteroatoms. The molecule has 1 heterocycles. The summed E-state index contributed by atoms with van der Waals surface area (Å²) in [6, 6.07) is 7.17. The van der Waals surface area contributed by atoms with Crippen LogP contribution in [-0.2, 0) is 0 Å². The molecule has 1 saturated carbocycles. The van der Waals surface area contributed by atoms with E-state index >= 15 is 0 Å². The van der Waals surface area contributed by atoms with Crippen LogP contribution in [0.2, 0.25) is 0 Å². The Labute approximate surface area is 140 Å². The van der Waals surface area contributed by atoms with Gasteiger partial charge >= 0.3 is 0 Å². The third kappa shape index (κ3) is 3.98. The number of alkyl halides is 2. The van der Waals surface area contributed by atoms with E-state index in [1.165, 1.54) is 6.42 Å². The molecule has 1 aromatic carbocycles. The van der Waals surface area contributed by atoms with E-state index in [-0.39, 0.29) is 6.10 Å². The molecule has 2 N–H and O–H groups in total. The van der Waals surface area contributed by atoms with Crippen molar-refractivity contribution in [3.05, 3.63) is 30.1 Å². The minimum atomic E-state index is -2.69. The van der Waals surface area contributed by atoms with Crippen LogP contribution in [0.15, 0.2) is 24.3 Å². The average Bonchev–Trinajstić information content (AvgIpc) is 2.59. The molecule has 2 unspecified atom stereocenters. The summed E-state index contributed by atoms with van der Waals surface area (Å²) in [7, 11) is 0. The highest BCUT2D eigenvalue weighted by Gasteiger charge is 2.22. The molecule has 0 bridgehead atoms. The lowest BCUT2D eigenvalue weighted by molar-refractivity contribution is 0.0648. The van der Waals surface area contributed by atoms with E-state index in [9.17, 15) is 13.9 Å². The Bertz CT molecular complexity index is 680. The van der Waals surface area contributed by atoms with Crippen molar-refractivity contribution < 1.29 is 13.9 Å². The quantitative estimate of drug-likeness (QED) is 0.772. The maximum atomic E-state index is 13.0. The van der Waals surface area contributed by atoms with Crippen molar-refractivity contribution in [2.24, 2.45) is 5.92 Å². The minimum absolute atomic E-state index is 0.191. The van der Waals surface area contributed by atoms with Crippen LogP contribution in [0.3, 0.4) is 0 Å². The monoisotopic (exact) mass is 335 g/mol. The summed E-state index contributed by atoms with van der Waals surface area (Å²) in [5.41, 5.74) is 0.521. The molecule has 24 heavy (non-hydrogen) atoms. The van der Waals surface area contributed by atoms with Gasteiger partial charge in [0.1, 0.15) is 5.82 Å². The van der Waals surface area contributed by atoms with Gasteiger partial charge in [0.15, 0.2) is 5.82 Å². The Morgan fingerprint density at radius 3 is 2.75 bits per heavy atom. The average molecular weight is 335 g/mol. The zero-order valence-corrected chi connectivity index (χ0v) is 13.6. The van der Waals surface area contributed by atoms with E-state index in [0.29, 0.717) is 23.8 Å². The zero-order valence-electron chi connectivity index (χ0n) is 13.6. The molecule has 130 valence electrons. The van der Waals surface area contributed by atoms with Crippen molar-refractivity contribution in [2.75, 3.05) is 11.9 Å². The molecule has 1 aliphatic rings. The number of para-hydroxylation sites is 1. The number of rotatable bonds is 6. The molecule has 0 amide bonds. The normalized spacial score (nSPS) is 21.3. The van der Waals surface area contributed by atoms with Gasteiger partial charge < -0.3 is 10.4 Å². The third-order valence-electron chi connectivity index (χ3n) is 4.73. The van der Waals surface area contributed by atoms with E-state index in [1.54, 1.807) is 12.1 Å². The van der Waals surface area contributed by atoms with Crippen LogP contribution in [0.1, 0.15) is 50.8 Å². The van der Waals surface area contributed by atoms with Crippen molar-refractivity contribution in [1.82, 2.24) is 9.97 Å². The summed E-state index contributed by atoms with van der Waals surface area (Å²) in [6.45, 7) is 0.646. The predicted molar refractivity (Wildman–Crippen MR) is 90.2 cm³/mol. The number of aliphatic hydroxyl groups excluding tert-OH is 1. The molecule has 1 aromatic heterocycles. The Kier molecular flexibility index (Phi) is 5.56. The number of benzene rings is 1. The fourth-order valence-corrected chi connectivity index (χ4v) is 3.42. The summed E-state index contributed by atoms with van der Waals surface area (Å²) in [4.78, 5) is 7.89. The number of hydrogen-bond acceptors (Lipinski definition) is 4. The summed E-state index contributed by atoms with van der Waals surface area (Å²) in [6.07, 6.45) is 3.21. The number of fused-ring (bicyclic) bond motifs is 1. The van der Waals surface area contributed by atoms with Gasteiger partial charge in [0, 0.05) is 11.9 Å². The van der Waals surface area contributed by atoms with Crippen LogP contribution in [0.5, 0.6) is 0 Å². The third-order valence-corrected chi connectivity index (χ3v) is 4.73. The Balaban J connectivity index is 1.64. The number of aliphatic hydroxyl groups is 1. The smallest absolute Gasteiger partial charge is 0.297 e. The summed E-state index contributed by atoms with van der Waals surface area (Å²) >= 11 is 0. The van der Waals surface area contributed by atoms with Gasteiger partial charge in [0.25, 0.3) is 6.43 Å². The molecule has 0 radical (unpaired) electrons. The maximum absolute atomic E-state index is 13.0. The molecule has 0 spiro atoms. The standard InChI is InChI=1S/C18H23F2N3O/c19-16(20)18-22-14-9-3-2-8-13(14)17(23-18)21-11-5-7-12-6-1-4-10-15(12)24/h2-3,8-9,12,15-16,24H,1,4-7,10-11H2,(H,21,22,23). The van der Waals surface area contributed by atoms with Gasteiger partial charge in [-0.05, 0) is 43.7 Å². The van der Waals surface area contributed by atoms with E-state index in [4.69, 9.17) is 0 Å². The molecule has 2 atom stereocenters. The highest BCUT2D eigenvalue weighted by molar-refractivity contribution is 5.88. The van der Waals surface area contributed by atoms with E-state index in [1.807, 2.05) is 12.1 Å². The molecular formula is C18H23F2N3O. The van der Waals surface area contributed by atoms with Gasteiger partial charge in [0.2, 0.25) is 0 Å². The van der Waals surface area contributed by atoms with Crippen molar-refractivity contribution in [3.8, 4) is 0 Å². The summed E-state index contributed by atoms with van der Waals surface area (Å²) < 4.78 is 25.9. The van der Waals surface area contributed by atoms with Crippen LogP contribution in [0.25, 0.3) is 10.9 Å². The lowest BCUT2D eigenvalue weighted by Crippen LogP contribution is -2.24. The van der Waals surface area contributed by atoms with Crippen LogP contribution in [0, 0.1) is 5.92 Å². The van der Waals surface area contributed by atoms with E-state index < -0.39 is 12.2 Å². The van der Waals surface area contributed by atoms with Crippen molar-refractivity contribution >= 4 is 16.7 Å². The molecule has 0 aliphatic heterocycles. The number of nitrogens with one attached hydrogen (secondary N) is 1. The molecule has 4 nitrogen and oxygen atoms in total. The number of anilines is 1. The first-order chi connectivity index (χ1) is 11.6. The fraction of sp³-hybridized carbons (Fsp3) is 0.556. The Hall–Kier alpha value is -1.82. The zero-order chi connectivity index (χ0) is 16.9. The van der Waals surface area contributed by atoms with Gasteiger partial charge in [-0.25, -0.2) is 18.7 Å². The van der Waals surface area contributed by atoms with Crippen molar-refractivity contribution in [2.45, 2.75) is 51.1 Å². The van der Waals surface area contributed by atoms with E-state index in [0.717, 1.165) is 37.5 Å². The van der Waals surface area contributed by atoms with Gasteiger partial charge in [0.05, 0.1) is 11.6 Å². The first-order valence-electron chi connectivity index (χ1n) is 8.62. The predicted octanol–water partition coefficient (Wildman–Crippen LogP) is 4.31. The van der Waals surface area contributed by atoms with Crippen molar-refractivity contribution in [1.29, 1.82) is 0 Å². The highest BCUT2D eigenvalue weighted by atomic mass is 19.3. The number of halogens is 2. The molecule has 1 aliphatic carbocycles. The second-order valence-electron chi connectivity index (χ2n) is 6.43. The number of nitrogens with zero attached hydrogens (tertiary/aromatic N) is 2. The Morgan fingerprint density at radius 2 is 1.96 bits per heavy atom. The van der Waals surface area contributed by atoms with E-state index in [2.05, 4.69) is 15.3 Å². The summed E-state index contributed by atoms with van der Waals surface area (Å²) in [5, 5.41) is 13.9. The number of hydrogen-bond donors (Lipinski definition) is 2. The fourth-order valence-electron chi connectivity index (χ4n) is 3.42. The van der Waals surface area contributed by atoms with Crippen LogP contribution >= 0.6 is 0 Å². The molecule has 2 aromatic rings. The highest BCUT2D eigenvalue weighted by Crippen LogP contribution is 2.28. The molecule has 0 saturated heterocycles. The van der Waals surface area contributed by atoms with Gasteiger partial charge in [-0.2, -0.15) is 0 Å². The molecule has 3 rings (SSSR count). The van der Waals surface area contributed by atoms with Crippen LogP contribution < -0.4 is 5.32 Å². The lowest BCUT2D eigenvalue weighted by atomic mass is 9.83. The van der Waals surface area contributed by atoms with Gasteiger partial charge in [-0.1, -0.05) is 25.0 Å². The SMILES string of the molecule is OC1CCCCC1CCCNc1nc(C(F)F)nc2ccccc12. The maximum Gasteiger partial charge on any atom is 0.297 e. The summed E-state index contributed by atoms with van der Waals surface area (Å²) in [5.74, 6) is 0.373. The molecular weight excluding hydrogens is 312 g/mol. The lowest BCUT2D eigenvalue weighted by Gasteiger charge is -2.27. The first kappa shape index (κ1) is 17.0. The van der Waals surface area contributed by atoms with Crippen LogP contribution in [0.4, 0.5) is 14.6 Å². The van der Waals surface area contributed by atoms with Gasteiger partial charge in [-0.15, -0.1) is 0 Å². The van der Waals surface area contributed by atoms with Crippen molar-refractivity contribution in [3.63, 3.8) is 0 Å². The Morgan fingerprint density at radius 1 is 1.17 bits per heavy atom. The molecule has 1 fully saturated rings. The minimum Gasteiger partial charge on any atom is -0.393 e. The second-order valence-corrected chi connectivity index (χ2v) is 6.43. The largest absolute Gasteiger partial charge is 0.393 e. The topological polar surface area (TPSA) is 58.0 Å². The second kappa shape index (κ2) is 7.83. The number of aromatic nitrogens is 2. The van der Waals surface area contributed by atoms with Crippen LogP contribution in [-0.4, -0.2) is 27.7 Å².